The lowest BCUT2D eigenvalue weighted by atomic mass is 10.2. The van der Waals surface area contributed by atoms with Crippen molar-refractivity contribution < 1.29 is 18.7 Å². The van der Waals surface area contributed by atoms with Gasteiger partial charge < -0.3 is 14.5 Å². The lowest BCUT2D eigenvalue weighted by Gasteiger charge is -2.06. The fraction of sp³-hybridized carbons (Fsp3) is 0.143. The van der Waals surface area contributed by atoms with Gasteiger partial charge in [-0.2, -0.15) is 0 Å². The Balaban J connectivity index is 1.74. The average Bonchev–Trinajstić information content (AvgIpc) is 2.91. The van der Waals surface area contributed by atoms with Crippen molar-refractivity contribution in [3.05, 3.63) is 56.9 Å². The molecule has 0 saturated carbocycles. The molecule has 1 N–H and O–H groups in total. The van der Waals surface area contributed by atoms with Gasteiger partial charge in [0.1, 0.15) is 0 Å². The lowest BCUT2D eigenvalue weighted by Crippen LogP contribution is -2.28. The second kappa shape index (κ2) is 7.42. The van der Waals surface area contributed by atoms with Gasteiger partial charge in [-0.1, -0.05) is 28.1 Å². The molecular weight excluding hydrogens is 406 g/mol. The molecule has 0 radical (unpaired) electrons. The van der Waals surface area contributed by atoms with Gasteiger partial charge in [0.2, 0.25) is 5.76 Å². The highest BCUT2D eigenvalue weighted by atomic mass is 79.9. The zero-order valence-electron chi connectivity index (χ0n) is 10.8. The Labute approximate surface area is 137 Å². The molecular formula is C14H11Br2NO4. The second-order valence-corrected chi connectivity index (χ2v) is 5.78. The van der Waals surface area contributed by atoms with E-state index >= 15 is 0 Å². The molecule has 0 spiro atoms. The van der Waals surface area contributed by atoms with E-state index < -0.39 is 5.97 Å². The standard InChI is InChI=1S/C14H11Br2NO4/c15-10-3-1-9(2-4-10)7-17-13(18)8-20-14(19)11-5-6-12(16)21-11/h1-6H,7-8H2,(H,17,18). The van der Waals surface area contributed by atoms with Gasteiger partial charge in [0.05, 0.1) is 0 Å². The van der Waals surface area contributed by atoms with Crippen LogP contribution < -0.4 is 5.32 Å². The number of rotatable bonds is 5. The molecule has 5 nitrogen and oxygen atoms in total. The number of esters is 1. The van der Waals surface area contributed by atoms with Gasteiger partial charge in [0, 0.05) is 11.0 Å². The fourth-order valence-electron chi connectivity index (χ4n) is 1.48. The van der Waals surface area contributed by atoms with Crippen molar-refractivity contribution in [2.45, 2.75) is 6.54 Å². The molecule has 7 heteroatoms. The highest BCUT2D eigenvalue weighted by Gasteiger charge is 2.13. The third-order valence-electron chi connectivity index (χ3n) is 2.51. The number of nitrogens with one attached hydrogen (secondary N) is 1. The number of benzene rings is 1. The molecule has 2 rings (SSSR count). The SMILES string of the molecule is O=C(COC(=O)c1ccc(Br)o1)NCc1ccc(Br)cc1. The molecule has 21 heavy (non-hydrogen) atoms. The Morgan fingerprint density at radius 2 is 1.81 bits per heavy atom. The van der Waals surface area contributed by atoms with Crippen molar-refractivity contribution in [3.63, 3.8) is 0 Å². The third kappa shape index (κ3) is 5.02. The van der Waals surface area contributed by atoms with E-state index in [9.17, 15) is 9.59 Å². The minimum atomic E-state index is -0.681. The first kappa shape index (κ1) is 15.8. The predicted molar refractivity (Wildman–Crippen MR) is 82.7 cm³/mol. The number of halogens is 2. The van der Waals surface area contributed by atoms with Gasteiger partial charge in [-0.3, -0.25) is 4.79 Å². The summed E-state index contributed by atoms with van der Waals surface area (Å²) >= 11 is 6.41. The summed E-state index contributed by atoms with van der Waals surface area (Å²) in [5.41, 5.74) is 0.952. The minimum absolute atomic E-state index is 0.0441. The van der Waals surface area contributed by atoms with Gasteiger partial charge >= 0.3 is 5.97 Å². The number of ether oxygens (including phenoxy) is 1. The number of hydrogen-bond donors (Lipinski definition) is 1. The van der Waals surface area contributed by atoms with Crippen molar-refractivity contribution in [1.82, 2.24) is 5.32 Å². The number of carbonyl (C=O) groups excluding carboxylic acids is 2. The Bertz CT molecular complexity index is 637. The zero-order valence-corrected chi connectivity index (χ0v) is 13.9. The molecule has 1 heterocycles. The summed E-state index contributed by atoms with van der Waals surface area (Å²) in [5.74, 6) is -1.01. The molecule has 1 aromatic carbocycles. The maximum absolute atomic E-state index is 11.6. The third-order valence-corrected chi connectivity index (χ3v) is 3.47. The van der Waals surface area contributed by atoms with Crippen molar-refractivity contribution in [2.75, 3.05) is 6.61 Å². The monoisotopic (exact) mass is 415 g/mol. The fourth-order valence-corrected chi connectivity index (χ4v) is 2.05. The molecule has 0 fully saturated rings. The van der Waals surface area contributed by atoms with E-state index in [-0.39, 0.29) is 18.3 Å². The summed E-state index contributed by atoms with van der Waals surface area (Å²) in [6.07, 6.45) is 0. The van der Waals surface area contributed by atoms with Crippen molar-refractivity contribution in [2.24, 2.45) is 0 Å². The summed E-state index contributed by atoms with van der Waals surface area (Å²) in [5, 5.41) is 2.66. The van der Waals surface area contributed by atoms with Crippen LogP contribution in [-0.4, -0.2) is 18.5 Å². The van der Waals surface area contributed by atoms with Crippen molar-refractivity contribution >= 4 is 43.7 Å². The van der Waals surface area contributed by atoms with Crippen LogP contribution in [0.25, 0.3) is 0 Å². The molecule has 0 saturated heterocycles. The minimum Gasteiger partial charge on any atom is -0.450 e. The number of furan rings is 1. The van der Waals surface area contributed by atoms with Gasteiger partial charge in [-0.05, 0) is 45.8 Å². The molecule has 0 unspecified atom stereocenters. The molecule has 1 aromatic heterocycles. The van der Waals surface area contributed by atoms with E-state index in [0.29, 0.717) is 11.2 Å². The Hall–Kier alpha value is -1.60. The van der Waals surface area contributed by atoms with Gasteiger partial charge in [-0.15, -0.1) is 0 Å². The first-order valence-corrected chi connectivity index (χ1v) is 7.57. The molecule has 2 aromatic rings. The summed E-state index contributed by atoms with van der Waals surface area (Å²) in [6, 6.07) is 10.6. The quantitative estimate of drug-likeness (QED) is 0.759. The van der Waals surface area contributed by atoms with Crippen LogP contribution in [0.4, 0.5) is 0 Å². The topological polar surface area (TPSA) is 68.5 Å². The van der Waals surface area contributed by atoms with Crippen LogP contribution in [0.15, 0.2) is 50.0 Å². The molecule has 1 amide bonds. The smallest absolute Gasteiger partial charge is 0.374 e. The zero-order chi connectivity index (χ0) is 15.2. The molecule has 0 aliphatic heterocycles. The van der Waals surface area contributed by atoms with Crippen LogP contribution in [0.1, 0.15) is 16.1 Å². The lowest BCUT2D eigenvalue weighted by molar-refractivity contribution is -0.124. The maximum atomic E-state index is 11.6. The average molecular weight is 417 g/mol. The maximum Gasteiger partial charge on any atom is 0.374 e. The largest absolute Gasteiger partial charge is 0.450 e. The summed E-state index contributed by atoms with van der Waals surface area (Å²) in [6.45, 7) is 0.0175. The summed E-state index contributed by atoms with van der Waals surface area (Å²) in [4.78, 5) is 23.1. The Morgan fingerprint density at radius 1 is 1.10 bits per heavy atom. The van der Waals surface area contributed by atoms with E-state index in [1.54, 1.807) is 6.07 Å². The van der Waals surface area contributed by atoms with Crippen LogP contribution in [-0.2, 0) is 16.1 Å². The van der Waals surface area contributed by atoms with E-state index in [4.69, 9.17) is 9.15 Å². The van der Waals surface area contributed by atoms with E-state index in [1.165, 1.54) is 6.07 Å². The van der Waals surface area contributed by atoms with Crippen molar-refractivity contribution in [3.8, 4) is 0 Å². The predicted octanol–water partition coefficient (Wildman–Crippen LogP) is 3.28. The molecule has 0 bridgehead atoms. The van der Waals surface area contributed by atoms with Crippen LogP contribution >= 0.6 is 31.9 Å². The number of hydrogen-bond acceptors (Lipinski definition) is 4. The first-order valence-electron chi connectivity index (χ1n) is 5.98. The van der Waals surface area contributed by atoms with E-state index in [1.807, 2.05) is 24.3 Å². The van der Waals surface area contributed by atoms with Gasteiger partial charge in [-0.25, -0.2) is 4.79 Å². The van der Waals surface area contributed by atoms with Crippen LogP contribution in [0.5, 0.6) is 0 Å². The first-order chi connectivity index (χ1) is 10.0. The van der Waals surface area contributed by atoms with Crippen LogP contribution in [0.3, 0.4) is 0 Å². The summed E-state index contributed by atoms with van der Waals surface area (Å²) in [7, 11) is 0. The van der Waals surface area contributed by atoms with Gasteiger partial charge in [0.15, 0.2) is 11.3 Å². The van der Waals surface area contributed by atoms with Gasteiger partial charge in [0.25, 0.3) is 5.91 Å². The number of carbonyl (C=O) groups is 2. The molecule has 0 atom stereocenters. The highest BCUT2D eigenvalue weighted by molar-refractivity contribution is 9.10. The number of amides is 1. The molecule has 0 aliphatic carbocycles. The normalized spacial score (nSPS) is 10.2. The Morgan fingerprint density at radius 3 is 2.43 bits per heavy atom. The highest BCUT2D eigenvalue weighted by Crippen LogP contribution is 2.14. The molecule has 0 aliphatic rings. The molecule has 110 valence electrons. The Kier molecular flexibility index (Phi) is 5.58. The summed E-state index contributed by atoms with van der Waals surface area (Å²) < 4.78 is 11.3. The van der Waals surface area contributed by atoms with Crippen molar-refractivity contribution in [1.29, 1.82) is 0 Å². The second-order valence-electron chi connectivity index (χ2n) is 4.08. The van der Waals surface area contributed by atoms with E-state index in [2.05, 4.69) is 37.2 Å². The van der Waals surface area contributed by atoms with Crippen LogP contribution in [0, 0.1) is 0 Å². The van der Waals surface area contributed by atoms with E-state index in [0.717, 1.165) is 10.0 Å². The van der Waals surface area contributed by atoms with Crippen LogP contribution in [0.2, 0.25) is 0 Å².